The first-order valence-electron chi connectivity index (χ1n) is 6.55. The van der Waals surface area contributed by atoms with E-state index in [-0.39, 0.29) is 0 Å². The van der Waals surface area contributed by atoms with Crippen molar-refractivity contribution in [3.05, 3.63) is 11.7 Å². The van der Waals surface area contributed by atoms with E-state index in [2.05, 4.69) is 29.3 Å². The Morgan fingerprint density at radius 2 is 2.22 bits per heavy atom. The Bertz CT molecular complexity index is 406. The molecule has 0 radical (unpaired) electrons. The van der Waals surface area contributed by atoms with Gasteiger partial charge in [0.15, 0.2) is 5.82 Å². The van der Waals surface area contributed by atoms with E-state index in [1.165, 1.54) is 0 Å². The number of thioether (sulfide) groups is 2. The first-order chi connectivity index (χ1) is 8.74. The molecule has 1 aromatic rings. The van der Waals surface area contributed by atoms with Crippen LogP contribution in [0.2, 0.25) is 0 Å². The third-order valence-electron chi connectivity index (χ3n) is 3.71. The summed E-state index contributed by atoms with van der Waals surface area (Å²) in [7, 11) is 0. The lowest BCUT2D eigenvalue weighted by molar-refractivity contribution is 0.355. The quantitative estimate of drug-likeness (QED) is 0.901. The Balaban J connectivity index is 1.69. The minimum absolute atomic E-state index is 0.396. The third-order valence-corrected chi connectivity index (χ3v) is 7.09. The maximum atomic E-state index is 5.44. The molecule has 0 aliphatic carbocycles. The van der Waals surface area contributed by atoms with E-state index in [1.54, 1.807) is 0 Å². The number of rotatable bonds is 2. The summed E-state index contributed by atoms with van der Waals surface area (Å²) in [5.41, 5.74) is 0. The zero-order valence-corrected chi connectivity index (χ0v) is 12.4. The van der Waals surface area contributed by atoms with Crippen molar-refractivity contribution in [2.24, 2.45) is 0 Å². The summed E-state index contributed by atoms with van der Waals surface area (Å²) in [6.45, 7) is 6.62. The molecule has 2 aliphatic heterocycles. The highest BCUT2D eigenvalue weighted by Crippen LogP contribution is 2.43. The van der Waals surface area contributed by atoms with Gasteiger partial charge in [0, 0.05) is 22.8 Å². The molecule has 2 fully saturated rings. The second-order valence-electron chi connectivity index (χ2n) is 5.05. The molecule has 0 saturated carbocycles. The number of hydrogen-bond donors (Lipinski definition) is 1. The summed E-state index contributed by atoms with van der Waals surface area (Å²) < 4.78 is 5.44. The molecule has 0 amide bonds. The lowest BCUT2D eigenvalue weighted by atomic mass is 10.1. The van der Waals surface area contributed by atoms with E-state index in [0.29, 0.717) is 16.4 Å². The highest BCUT2D eigenvalue weighted by atomic mass is 32.2. The van der Waals surface area contributed by atoms with E-state index in [0.717, 1.165) is 42.2 Å². The van der Waals surface area contributed by atoms with Gasteiger partial charge in [0.1, 0.15) is 0 Å². The molecule has 0 aromatic carbocycles. The smallest absolute Gasteiger partial charge is 0.231 e. The maximum Gasteiger partial charge on any atom is 0.231 e. The molecule has 2 aliphatic rings. The van der Waals surface area contributed by atoms with Crippen LogP contribution in [0.5, 0.6) is 0 Å². The molecule has 18 heavy (non-hydrogen) atoms. The largest absolute Gasteiger partial charge is 0.339 e. The Kier molecular flexibility index (Phi) is 3.86. The first-order valence-corrected chi connectivity index (χ1v) is 8.54. The molecule has 100 valence electrons. The van der Waals surface area contributed by atoms with Crippen LogP contribution in [0.1, 0.15) is 43.2 Å². The van der Waals surface area contributed by atoms with Gasteiger partial charge in [-0.25, -0.2) is 0 Å². The summed E-state index contributed by atoms with van der Waals surface area (Å²) >= 11 is 4.00. The molecule has 1 N–H and O–H groups in total. The lowest BCUT2D eigenvalue weighted by Crippen LogP contribution is -2.22. The average molecular weight is 285 g/mol. The van der Waals surface area contributed by atoms with Crippen LogP contribution in [0.25, 0.3) is 0 Å². The van der Waals surface area contributed by atoms with Crippen LogP contribution in [0.3, 0.4) is 0 Å². The minimum Gasteiger partial charge on any atom is -0.339 e. The molecule has 0 bridgehead atoms. The normalized spacial score (nSPS) is 37.0. The maximum absolute atomic E-state index is 5.44. The van der Waals surface area contributed by atoms with Gasteiger partial charge < -0.3 is 9.84 Å². The standard InChI is InChI=1S/C12H19N3OS2/c1-7-8(2)18-10(6-17-7)11-14-12(16-15-11)9-3-4-13-5-9/h7-10,13H,3-6H2,1-2H3. The van der Waals surface area contributed by atoms with Gasteiger partial charge in [-0.3, -0.25) is 0 Å². The van der Waals surface area contributed by atoms with Crippen molar-refractivity contribution in [2.75, 3.05) is 18.8 Å². The molecule has 2 saturated heterocycles. The summed E-state index contributed by atoms with van der Waals surface area (Å²) in [5.74, 6) is 3.24. The topological polar surface area (TPSA) is 51.0 Å². The van der Waals surface area contributed by atoms with E-state index in [1.807, 2.05) is 23.5 Å². The third kappa shape index (κ3) is 2.56. The number of nitrogens with zero attached hydrogens (tertiary/aromatic N) is 2. The summed E-state index contributed by atoms with van der Waals surface area (Å²) in [6.07, 6.45) is 1.11. The molecule has 4 nitrogen and oxygen atoms in total. The van der Waals surface area contributed by atoms with Crippen LogP contribution in [0.15, 0.2) is 4.52 Å². The van der Waals surface area contributed by atoms with E-state index < -0.39 is 0 Å². The van der Waals surface area contributed by atoms with Crippen molar-refractivity contribution in [2.45, 2.75) is 41.9 Å². The molecule has 0 spiro atoms. The van der Waals surface area contributed by atoms with Crippen molar-refractivity contribution in [3.63, 3.8) is 0 Å². The highest BCUT2D eigenvalue weighted by molar-refractivity contribution is 8.07. The van der Waals surface area contributed by atoms with Crippen molar-refractivity contribution in [1.29, 1.82) is 0 Å². The van der Waals surface area contributed by atoms with Crippen molar-refractivity contribution < 1.29 is 4.52 Å². The molecular formula is C12H19N3OS2. The van der Waals surface area contributed by atoms with Gasteiger partial charge in [0.05, 0.1) is 11.2 Å². The van der Waals surface area contributed by atoms with Crippen LogP contribution in [-0.2, 0) is 0 Å². The second kappa shape index (κ2) is 5.43. The Morgan fingerprint density at radius 1 is 1.33 bits per heavy atom. The fourth-order valence-corrected chi connectivity index (χ4v) is 5.16. The second-order valence-corrected chi connectivity index (χ2v) is 8.04. The molecule has 6 heteroatoms. The van der Waals surface area contributed by atoms with E-state index in [4.69, 9.17) is 4.52 Å². The van der Waals surface area contributed by atoms with Gasteiger partial charge in [-0.1, -0.05) is 19.0 Å². The molecule has 4 atom stereocenters. The number of aromatic nitrogens is 2. The molecule has 3 heterocycles. The zero-order chi connectivity index (χ0) is 12.5. The lowest BCUT2D eigenvalue weighted by Gasteiger charge is -2.29. The van der Waals surface area contributed by atoms with Crippen molar-refractivity contribution in [3.8, 4) is 0 Å². The van der Waals surface area contributed by atoms with Gasteiger partial charge in [-0.2, -0.15) is 16.7 Å². The van der Waals surface area contributed by atoms with E-state index >= 15 is 0 Å². The predicted molar refractivity (Wildman–Crippen MR) is 76.2 cm³/mol. The molecule has 3 rings (SSSR count). The SMILES string of the molecule is CC1SCC(c2noc(C3CCNC3)n2)SC1C. The molecule has 4 unspecified atom stereocenters. The minimum atomic E-state index is 0.396. The van der Waals surface area contributed by atoms with Crippen LogP contribution in [0.4, 0.5) is 0 Å². The van der Waals surface area contributed by atoms with Gasteiger partial charge in [0.25, 0.3) is 0 Å². The highest BCUT2D eigenvalue weighted by Gasteiger charge is 2.31. The van der Waals surface area contributed by atoms with Gasteiger partial charge in [-0.05, 0) is 13.0 Å². The van der Waals surface area contributed by atoms with Gasteiger partial charge in [0.2, 0.25) is 5.89 Å². The first kappa shape index (κ1) is 12.8. The van der Waals surface area contributed by atoms with E-state index in [9.17, 15) is 0 Å². The molecular weight excluding hydrogens is 266 g/mol. The van der Waals surface area contributed by atoms with Crippen molar-refractivity contribution in [1.82, 2.24) is 15.5 Å². The van der Waals surface area contributed by atoms with Crippen molar-refractivity contribution >= 4 is 23.5 Å². The Morgan fingerprint density at radius 3 is 2.94 bits per heavy atom. The van der Waals surface area contributed by atoms with Gasteiger partial charge >= 0.3 is 0 Å². The fraction of sp³-hybridized carbons (Fsp3) is 0.833. The number of nitrogens with one attached hydrogen (secondary N) is 1. The monoisotopic (exact) mass is 285 g/mol. The zero-order valence-electron chi connectivity index (χ0n) is 10.8. The molecule has 1 aromatic heterocycles. The van der Waals surface area contributed by atoms with Crippen LogP contribution < -0.4 is 5.32 Å². The Labute approximate surface area is 116 Å². The van der Waals surface area contributed by atoms with Crippen LogP contribution in [-0.4, -0.2) is 39.5 Å². The van der Waals surface area contributed by atoms with Gasteiger partial charge in [-0.15, -0.1) is 11.8 Å². The Hall–Kier alpha value is -0.200. The fourth-order valence-electron chi connectivity index (χ4n) is 2.33. The predicted octanol–water partition coefficient (Wildman–Crippen LogP) is 2.44. The number of hydrogen-bond acceptors (Lipinski definition) is 6. The van der Waals surface area contributed by atoms with Crippen LogP contribution >= 0.6 is 23.5 Å². The summed E-state index contributed by atoms with van der Waals surface area (Å²) in [5, 5.41) is 9.30. The summed E-state index contributed by atoms with van der Waals surface area (Å²) in [6, 6.07) is 0. The average Bonchev–Trinajstić information content (AvgIpc) is 3.01. The van der Waals surface area contributed by atoms with Crippen LogP contribution in [0, 0.1) is 0 Å². The summed E-state index contributed by atoms with van der Waals surface area (Å²) in [4.78, 5) is 4.62.